The molecule has 7 heteroatoms. The first kappa shape index (κ1) is 19.5. The van der Waals surface area contributed by atoms with E-state index in [2.05, 4.69) is 65.6 Å². The highest BCUT2D eigenvalue weighted by Gasteiger charge is 2.24. The average Bonchev–Trinajstić information content (AvgIpc) is 3.25. The number of anilines is 1. The molecule has 0 aliphatic heterocycles. The Morgan fingerprint density at radius 1 is 1.10 bits per heavy atom. The van der Waals surface area contributed by atoms with E-state index in [1.807, 2.05) is 24.5 Å². The Morgan fingerprint density at radius 3 is 2.55 bits per heavy atom. The molecular weight excluding hydrogens is 380 g/mol. The first-order chi connectivity index (χ1) is 13.8. The molecule has 0 aliphatic carbocycles. The van der Waals surface area contributed by atoms with E-state index in [-0.39, 0.29) is 5.41 Å². The molecule has 0 amide bonds. The van der Waals surface area contributed by atoms with E-state index >= 15 is 0 Å². The summed E-state index contributed by atoms with van der Waals surface area (Å²) in [5.41, 5.74) is 9.36. The van der Waals surface area contributed by atoms with Gasteiger partial charge in [0.05, 0.1) is 28.0 Å². The minimum absolute atomic E-state index is 0.0857. The van der Waals surface area contributed by atoms with Crippen LogP contribution in [0.3, 0.4) is 0 Å². The first-order valence-electron chi connectivity index (χ1n) is 9.60. The molecule has 4 rings (SSSR count). The van der Waals surface area contributed by atoms with Crippen molar-refractivity contribution >= 4 is 27.4 Å². The summed E-state index contributed by atoms with van der Waals surface area (Å²) in [7, 11) is 4.22. The Hall–Kier alpha value is -2.77. The quantitative estimate of drug-likeness (QED) is 0.514. The highest BCUT2D eigenvalue weighted by molar-refractivity contribution is 7.21. The van der Waals surface area contributed by atoms with Crippen LogP contribution >= 0.6 is 11.3 Å². The third-order valence-corrected chi connectivity index (χ3v) is 5.87. The van der Waals surface area contributed by atoms with Crippen LogP contribution in [0.15, 0.2) is 49.1 Å². The third kappa shape index (κ3) is 4.02. The molecule has 2 N–H and O–H groups in total. The fourth-order valence-electron chi connectivity index (χ4n) is 3.93. The third-order valence-electron chi connectivity index (χ3n) is 4.82. The molecular formula is C22H26N6S. The van der Waals surface area contributed by atoms with Crippen LogP contribution < -0.4 is 5.73 Å². The first-order valence-corrected chi connectivity index (χ1v) is 10.4. The minimum atomic E-state index is 0.0857. The SMILES string of the molecule is CN(C)CC(C)(C)Cn1cnc(-c2ccccc2)c1-c1cc2c(N)ncnc2s1. The van der Waals surface area contributed by atoms with Crippen molar-refractivity contribution in [2.45, 2.75) is 20.4 Å². The molecule has 3 heterocycles. The van der Waals surface area contributed by atoms with E-state index in [9.17, 15) is 0 Å². The number of benzene rings is 1. The molecule has 0 aliphatic rings. The number of nitrogens with zero attached hydrogens (tertiary/aromatic N) is 5. The Morgan fingerprint density at radius 2 is 1.86 bits per heavy atom. The summed E-state index contributed by atoms with van der Waals surface area (Å²) in [6.45, 7) is 6.41. The summed E-state index contributed by atoms with van der Waals surface area (Å²) in [5.74, 6) is 0.512. The lowest BCUT2D eigenvalue weighted by molar-refractivity contribution is 0.212. The number of imidazole rings is 1. The molecule has 0 bridgehead atoms. The van der Waals surface area contributed by atoms with Gasteiger partial charge in [-0.1, -0.05) is 44.2 Å². The topological polar surface area (TPSA) is 72.9 Å². The average molecular weight is 407 g/mol. The summed E-state index contributed by atoms with van der Waals surface area (Å²) < 4.78 is 2.26. The molecule has 29 heavy (non-hydrogen) atoms. The van der Waals surface area contributed by atoms with Crippen molar-refractivity contribution in [2.24, 2.45) is 5.41 Å². The molecule has 150 valence electrons. The molecule has 6 nitrogen and oxygen atoms in total. The largest absolute Gasteiger partial charge is 0.383 e. The van der Waals surface area contributed by atoms with Gasteiger partial charge >= 0.3 is 0 Å². The van der Waals surface area contributed by atoms with Gasteiger partial charge in [-0.2, -0.15) is 0 Å². The number of nitrogen functional groups attached to an aromatic ring is 1. The monoisotopic (exact) mass is 406 g/mol. The maximum atomic E-state index is 6.09. The smallest absolute Gasteiger partial charge is 0.135 e. The zero-order chi connectivity index (χ0) is 20.6. The minimum Gasteiger partial charge on any atom is -0.383 e. The van der Waals surface area contributed by atoms with Crippen LogP contribution in [-0.4, -0.2) is 45.1 Å². The Bertz CT molecular complexity index is 1130. The lowest BCUT2D eigenvalue weighted by Crippen LogP contribution is -2.32. The van der Waals surface area contributed by atoms with Crippen molar-refractivity contribution in [3.63, 3.8) is 0 Å². The zero-order valence-corrected chi connectivity index (χ0v) is 18.1. The Balaban J connectivity index is 1.86. The van der Waals surface area contributed by atoms with Gasteiger partial charge in [-0.15, -0.1) is 11.3 Å². The number of rotatable bonds is 6. The van der Waals surface area contributed by atoms with Crippen molar-refractivity contribution in [2.75, 3.05) is 26.4 Å². The standard InChI is InChI=1S/C22H26N6S/c1-22(2,11-27(3)4)12-28-14-26-18(15-8-6-5-7-9-15)19(28)17-10-16-20(23)24-13-25-21(16)29-17/h5-10,13-14H,11-12H2,1-4H3,(H2,23,24,25). The van der Waals surface area contributed by atoms with Crippen LogP contribution in [0.2, 0.25) is 0 Å². The van der Waals surface area contributed by atoms with Gasteiger partial charge in [0.1, 0.15) is 17.0 Å². The van der Waals surface area contributed by atoms with Crippen LogP contribution in [0.25, 0.3) is 32.0 Å². The van der Waals surface area contributed by atoms with Gasteiger partial charge in [0.2, 0.25) is 0 Å². The van der Waals surface area contributed by atoms with Gasteiger partial charge in [0.25, 0.3) is 0 Å². The van der Waals surface area contributed by atoms with Crippen LogP contribution in [-0.2, 0) is 6.54 Å². The molecule has 0 radical (unpaired) electrons. The van der Waals surface area contributed by atoms with Gasteiger partial charge in [-0.05, 0) is 25.6 Å². The molecule has 0 atom stereocenters. The van der Waals surface area contributed by atoms with Crippen LogP contribution in [0.5, 0.6) is 0 Å². The normalized spacial score (nSPS) is 12.2. The maximum Gasteiger partial charge on any atom is 0.135 e. The Labute approximate surface area is 175 Å². The van der Waals surface area contributed by atoms with E-state index in [4.69, 9.17) is 10.7 Å². The summed E-state index contributed by atoms with van der Waals surface area (Å²) in [5, 5.41) is 0.895. The van der Waals surface area contributed by atoms with Gasteiger partial charge in [-0.3, -0.25) is 0 Å². The molecule has 0 saturated carbocycles. The predicted octanol–water partition coefficient (Wildman–Crippen LogP) is 4.39. The number of fused-ring (bicyclic) bond motifs is 1. The van der Waals surface area contributed by atoms with Gasteiger partial charge in [0, 0.05) is 18.7 Å². The Kier molecular flexibility index (Phi) is 5.10. The second-order valence-corrected chi connectivity index (χ2v) is 9.46. The van der Waals surface area contributed by atoms with E-state index in [0.717, 1.165) is 45.1 Å². The molecule has 0 unspecified atom stereocenters. The predicted molar refractivity (Wildman–Crippen MR) is 121 cm³/mol. The van der Waals surface area contributed by atoms with Crippen molar-refractivity contribution in [3.05, 3.63) is 49.1 Å². The summed E-state index contributed by atoms with van der Waals surface area (Å²) in [6.07, 6.45) is 3.47. The number of thiophene rings is 1. The number of hydrogen-bond donors (Lipinski definition) is 1. The molecule has 1 aromatic carbocycles. The van der Waals surface area contributed by atoms with Gasteiger partial charge in [0.15, 0.2) is 0 Å². The summed E-state index contributed by atoms with van der Waals surface area (Å²) in [4.78, 5) is 17.6. The number of hydrogen-bond acceptors (Lipinski definition) is 6. The van der Waals surface area contributed by atoms with Crippen LogP contribution in [0.4, 0.5) is 5.82 Å². The summed E-state index contributed by atoms with van der Waals surface area (Å²) >= 11 is 1.63. The van der Waals surface area contributed by atoms with E-state index in [1.54, 1.807) is 11.3 Å². The second kappa shape index (κ2) is 7.57. The second-order valence-electron chi connectivity index (χ2n) is 8.43. The lowest BCUT2D eigenvalue weighted by Gasteiger charge is -2.29. The van der Waals surface area contributed by atoms with Gasteiger partial charge in [-0.25, -0.2) is 15.0 Å². The maximum absolute atomic E-state index is 6.09. The molecule has 3 aromatic heterocycles. The van der Waals surface area contributed by atoms with Crippen molar-refractivity contribution < 1.29 is 0 Å². The fraction of sp³-hybridized carbons (Fsp3) is 0.318. The zero-order valence-electron chi connectivity index (χ0n) is 17.3. The molecule has 0 fully saturated rings. The van der Waals surface area contributed by atoms with Crippen molar-refractivity contribution in [1.29, 1.82) is 0 Å². The van der Waals surface area contributed by atoms with Crippen LogP contribution in [0.1, 0.15) is 13.8 Å². The number of nitrogens with two attached hydrogens (primary N) is 1. The number of aromatic nitrogens is 4. The van der Waals surface area contributed by atoms with E-state index in [0.29, 0.717) is 5.82 Å². The van der Waals surface area contributed by atoms with Crippen LogP contribution in [0, 0.1) is 5.41 Å². The molecule has 0 spiro atoms. The van der Waals surface area contributed by atoms with E-state index in [1.165, 1.54) is 6.33 Å². The molecule has 4 aromatic rings. The van der Waals surface area contributed by atoms with Crippen molar-refractivity contribution in [1.82, 2.24) is 24.4 Å². The summed E-state index contributed by atoms with van der Waals surface area (Å²) in [6, 6.07) is 12.4. The highest BCUT2D eigenvalue weighted by Crippen LogP contribution is 2.39. The lowest BCUT2D eigenvalue weighted by atomic mass is 9.92. The van der Waals surface area contributed by atoms with Crippen molar-refractivity contribution in [3.8, 4) is 21.8 Å². The van der Waals surface area contributed by atoms with Gasteiger partial charge < -0.3 is 15.2 Å². The van der Waals surface area contributed by atoms with E-state index < -0.39 is 0 Å². The molecule has 0 saturated heterocycles. The highest BCUT2D eigenvalue weighted by atomic mass is 32.1. The fourth-order valence-corrected chi connectivity index (χ4v) is 4.99.